The van der Waals surface area contributed by atoms with E-state index in [4.69, 9.17) is 11.6 Å². The zero-order valence-electron chi connectivity index (χ0n) is 10.3. The highest BCUT2D eigenvalue weighted by atomic mass is 35.5. The Hall–Kier alpha value is -1.66. The van der Waals surface area contributed by atoms with Gasteiger partial charge in [-0.2, -0.15) is 13.2 Å². The number of hydrogen-bond donors (Lipinski definition) is 1. The van der Waals surface area contributed by atoms with Crippen molar-refractivity contribution in [1.29, 1.82) is 0 Å². The van der Waals surface area contributed by atoms with Crippen LogP contribution in [0.25, 0.3) is 0 Å². The van der Waals surface area contributed by atoms with E-state index in [2.05, 4.69) is 0 Å². The number of aliphatic hydroxyl groups excluding tert-OH is 1. The van der Waals surface area contributed by atoms with Crippen LogP contribution in [0.4, 0.5) is 22.0 Å². The van der Waals surface area contributed by atoms with Gasteiger partial charge in [-0.25, -0.2) is 8.78 Å². The molecule has 0 saturated carbocycles. The van der Waals surface area contributed by atoms with Gasteiger partial charge in [0.2, 0.25) is 0 Å². The standard InChI is InChI=1S/C14H8ClF5O/c15-10-6-11(16)8(5-12(10)17)13(21)7-3-1-2-4-9(7)14(18,19)20/h1-6,13,21H. The van der Waals surface area contributed by atoms with Gasteiger partial charge in [-0.15, -0.1) is 0 Å². The minimum atomic E-state index is -4.72. The van der Waals surface area contributed by atoms with Crippen LogP contribution in [0, 0.1) is 11.6 Å². The van der Waals surface area contributed by atoms with Crippen molar-refractivity contribution in [2.75, 3.05) is 0 Å². The first kappa shape index (κ1) is 15.7. The summed E-state index contributed by atoms with van der Waals surface area (Å²) in [5.41, 5.74) is -2.30. The van der Waals surface area contributed by atoms with Crippen molar-refractivity contribution in [1.82, 2.24) is 0 Å². The molecular formula is C14H8ClF5O. The summed E-state index contributed by atoms with van der Waals surface area (Å²) in [4.78, 5) is 0. The quantitative estimate of drug-likeness (QED) is 0.626. The van der Waals surface area contributed by atoms with Crippen LogP contribution < -0.4 is 0 Å². The maximum atomic E-state index is 13.7. The Labute approximate surface area is 121 Å². The van der Waals surface area contributed by atoms with Crippen molar-refractivity contribution in [2.45, 2.75) is 12.3 Å². The molecule has 0 aliphatic rings. The average Bonchev–Trinajstić information content (AvgIpc) is 2.41. The first-order valence-corrected chi connectivity index (χ1v) is 6.08. The molecule has 7 heteroatoms. The van der Waals surface area contributed by atoms with Crippen molar-refractivity contribution in [3.05, 3.63) is 69.7 Å². The van der Waals surface area contributed by atoms with Gasteiger partial charge < -0.3 is 5.11 Å². The molecule has 21 heavy (non-hydrogen) atoms. The van der Waals surface area contributed by atoms with Crippen LogP contribution in [0.1, 0.15) is 22.8 Å². The summed E-state index contributed by atoms with van der Waals surface area (Å²) in [6, 6.07) is 5.33. The zero-order chi connectivity index (χ0) is 15.8. The third-order valence-electron chi connectivity index (χ3n) is 2.89. The van der Waals surface area contributed by atoms with Crippen LogP contribution in [-0.2, 0) is 6.18 Å². The second-order valence-electron chi connectivity index (χ2n) is 4.28. The molecule has 1 atom stereocenters. The summed E-state index contributed by atoms with van der Waals surface area (Å²) < 4.78 is 65.6. The van der Waals surface area contributed by atoms with E-state index in [1.165, 1.54) is 6.07 Å². The fourth-order valence-corrected chi connectivity index (χ4v) is 2.06. The molecule has 0 fully saturated rings. The first-order valence-electron chi connectivity index (χ1n) is 5.70. The lowest BCUT2D eigenvalue weighted by molar-refractivity contribution is -0.139. The van der Waals surface area contributed by atoms with Crippen molar-refractivity contribution >= 4 is 11.6 Å². The lowest BCUT2D eigenvalue weighted by Gasteiger charge is -2.18. The SMILES string of the molecule is OC(c1cc(F)c(Cl)cc1F)c1ccccc1C(F)(F)F. The smallest absolute Gasteiger partial charge is 0.384 e. The summed E-state index contributed by atoms with van der Waals surface area (Å²) in [5.74, 6) is -2.12. The molecule has 0 bridgehead atoms. The van der Waals surface area contributed by atoms with Crippen LogP contribution in [0.2, 0.25) is 5.02 Å². The maximum absolute atomic E-state index is 13.7. The van der Waals surface area contributed by atoms with E-state index in [9.17, 15) is 27.1 Å². The normalized spacial score (nSPS) is 13.3. The van der Waals surface area contributed by atoms with Crippen LogP contribution in [0.3, 0.4) is 0 Å². The third-order valence-corrected chi connectivity index (χ3v) is 3.18. The van der Waals surface area contributed by atoms with Crippen LogP contribution >= 0.6 is 11.6 Å². The molecule has 112 valence electrons. The molecule has 2 aromatic carbocycles. The predicted molar refractivity (Wildman–Crippen MR) is 66.9 cm³/mol. The van der Waals surface area contributed by atoms with Gasteiger partial charge in [0.15, 0.2) is 0 Å². The van der Waals surface area contributed by atoms with Crippen LogP contribution in [0.5, 0.6) is 0 Å². The largest absolute Gasteiger partial charge is 0.416 e. The molecule has 1 N–H and O–H groups in total. The Morgan fingerprint density at radius 2 is 1.57 bits per heavy atom. The highest BCUT2D eigenvalue weighted by Crippen LogP contribution is 2.37. The molecule has 2 aromatic rings. The number of aliphatic hydroxyl groups is 1. The number of alkyl halides is 3. The Kier molecular flexibility index (Phi) is 4.20. The van der Waals surface area contributed by atoms with Crippen molar-refractivity contribution in [2.24, 2.45) is 0 Å². The Morgan fingerprint density at radius 3 is 2.19 bits per heavy atom. The molecule has 1 nitrogen and oxygen atoms in total. The van der Waals surface area contributed by atoms with E-state index in [-0.39, 0.29) is 0 Å². The Balaban J connectivity index is 2.56. The monoisotopic (exact) mass is 322 g/mol. The van der Waals surface area contributed by atoms with Crippen LogP contribution in [0.15, 0.2) is 36.4 Å². The molecule has 0 aliphatic heterocycles. The molecule has 0 radical (unpaired) electrons. The van der Waals surface area contributed by atoms with Gasteiger partial charge in [0.05, 0.1) is 10.6 Å². The summed E-state index contributed by atoms with van der Waals surface area (Å²) in [7, 11) is 0. The second-order valence-corrected chi connectivity index (χ2v) is 4.68. The zero-order valence-corrected chi connectivity index (χ0v) is 11.0. The van der Waals surface area contributed by atoms with E-state index >= 15 is 0 Å². The van der Waals surface area contributed by atoms with Crippen molar-refractivity contribution in [3.8, 4) is 0 Å². The fraction of sp³-hybridized carbons (Fsp3) is 0.143. The van der Waals surface area contributed by atoms with E-state index in [0.29, 0.717) is 12.1 Å². The second kappa shape index (κ2) is 5.61. The van der Waals surface area contributed by atoms with Crippen LogP contribution in [-0.4, -0.2) is 5.11 Å². The minimum Gasteiger partial charge on any atom is -0.384 e. The molecule has 0 aliphatic carbocycles. The van der Waals surface area contributed by atoms with E-state index in [1.807, 2.05) is 0 Å². The summed E-state index contributed by atoms with van der Waals surface area (Å²) in [5, 5.41) is 9.46. The molecule has 0 spiro atoms. The van der Waals surface area contributed by atoms with Gasteiger partial charge in [-0.3, -0.25) is 0 Å². The van der Waals surface area contributed by atoms with Crippen molar-refractivity contribution < 1.29 is 27.1 Å². The molecule has 0 saturated heterocycles. The Morgan fingerprint density at radius 1 is 0.952 bits per heavy atom. The molecule has 0 heterocycles. The van der Waals surface area contributed by atoms with Gasteiger partial charge in [0, 0.05) is 5.56 Å². The van der Waals surface area contributed by atoms with Gasteiger partial charge in [-0.1, -0.05) is 29.8 Å². The Bertz CT molecular complexity index is 669. The number of halogens is 6. The number of benzene rings is 2. The van der Waals surface area contributed by atoms with Gasteiger partial charge in [-0.05, 0) is 23.8 Å². The average molecular weight is 323 g/mol. The summed E-state index contributed by atoms with van der Waals surface area (Å²) in [6.45, 7) is 0. The number of hydrogen-bond acceptors (Lipinski definition) is 1. The third kappa shape index (κ3) is 3.16. The highest BCUT2D eigenvalue weighted by Gasteiger charge is 2.35. The van der Waals surface area contributed by atoms with E-state index in [0.717, 1.165) is 18.2 Å². The van der Waals surface area contributed by atoms with E-state index in [1.54, 1.807) is 0 Å². The minimum absolute atomic E-state index is 0.521. The lowest BCUT2D eigenvalue weighted by Crippen LogP contribution is -2.13. The molecular weight excluding hydrogens is 315 g/mol. The highest BCUT2D eigenvalue weighted by molar-refractivity contribution is 6.30. The molecule has 0 aromatic heterocycles. The molecule has 0 amide bonds. The van der Waals surface area contributed by atoms with Crippen molar-refractivity contribution in [3.63, 3.8) is 0 Å². The topological polar surface area (TPSA) is 20.2 Å². The maximum Gasteiger partial charge on any atom is 0.416 e. The fourth-order valence-electron chi connectivity index (χ4n) is 1.91. The number of rotatable bonds is 2. The van der Waals surface area contributed by atoms with Gasteiger partial charge in [0.25, 0.3) is 0 Å². The summed E-state index contributed by atoms with van der Waals surface area (Å²) >= 11 is 5.36. The van der Waals surface area contributed by atoms with Gasteiger partial charge >= 0.3 is 6.18 Å². The summed E-state index contributed by atoms with van der Waals surface area (Å²) in [6.07, 6.45) is -6.69. The predicted octanol–water partition coefficient (Wildman–Crippen LogP) is 4.72. The van der Waals surface area contributed by atoms with E-state index < -0.39 is 45.6 Å². The van der Waals surface area contributed by atoms with Gasteiger partial charge in [0.1, 0.15) is 17.7 Å². The lowest BCUT2D eigenvalue weighted by atomic mass is 9.96. The molecule has 1 unspecified atom stereocenters. The first-order chi connectivity index (χ1) is 9.71. The molecule has 2 rings (SSSR count).